The fourth-order valence-corrected chi connectivity index (χ4v) is 9.13. The van der Waals surface area contributed by atoms with Crippen LogP contribution in [0.5, 0.6) is 0 Å². The van der Waals surface area contributed by atoms with Crippen LogP contribution in [0, 0.1) is 0 Å². The van der Waals surface area contributed by atoms with Gasteiger partial charge in [0.15, 0.2) is 0 Å². The first-order valence-corrected chi connectivity index (χ1v) is 18.3. The van der Waals surface area contributed by atoms with Gasteiger partial charge in [-0.15, -0.1) is 0 Å². The van der Waals surface area contributed by atoms with Gasteiger partial charge in [-0.3, -0.25) is 4.98 Å². The number of allylic oxidation sites excluding steroid dienone is 1. The van der Waals surface area contributed by atoms with Gasteiger partial charge in [-0.05, 0) is 147 Å². The summed E-state index contributed by atoms with van der Waals surface area (Å²) >= 11 is 0. The van der Waals surface area contributed by atoms with Crippen molar-refractivity contribution >= 4 is 76.3 Å². The number of hydrogen-bond donors (Lipinski definition) is 0. The molecule has 0 spiro atoms. The van der Waals surface area contributed by atoms with Crippen molar-refractivity contribution in [1.29, 1.82) is 0 Å². The van der Waals surface area contributed by atoms with Gasteiger partial charge in [0, 0.05) is 6.20 Å². The van der Waals surface area contributed by atoms with Crippen molar-refractivity contribution < 1.29 is 0 Å². The Bertz CT molecular complexity index is 3060. The highest BCUT2D eigenvalue weighted by Gasteiger charge is 2.24. The maximum Gasteiger partial charge on any atom is 0.0661 e. The molecule has 1 aliphatic rings. The summed E-state index contributed by atoms with van der Waals surface area (Å²) in [7, 11) is 0. The Morgan fingerprint density at radius 2 is 1.00 bits per heavy atom. The molecule has 1 aromatic heterocycles. The average molecular weight is 660 g/mol. The van der Waals surface area contributed by atoms with Crippen LogP contribution in [-0.4, -0.2) is 4.98 Å². The molecule has 1 aliphatic carbocycles. The molecular weight excluding hydrogens is 627 g/mol. The van der Waals surface area contributed by atoms with Crippen LogP contribution < -0.4 is 0 Å². The molecule has 242 valence electrons. The second kappa shape index (κ2) is 11.5. The van der Waals surface area contributed by atoms with E-state index in [0.29, 0.717) is 0 Å². The molecule has 0 bridgehead atoms. The van der Waals surface area contributed by atoms with Crippen LogP contribution in [0.2, 0.25) is 0 Å². The molecular formula is C51H33N. The quantitative estimate of drug-likeness (QED) is 0.136. The highest BCUT2D eigenvalue weighted by Crippen LogP contribution is 2.49. The van der Waals surface area contributed by atoms with Gasteiger partial charge >= 0.3 is 0 Å². The molecule has 11 rings (SSSR count). The zero-order chi connectivity index (χ0) is 34.2. The Hall–Kier alpha value is -6.57. The van der Waals surface area contributed by atoms with E-state index in [2.05, 4.69) is 164 Å². The molecule has 1 heteroatoms. The summed E-state index contributed by atoms with van der Waals surface area (Å²) in [5.41, 5.74) is 10.3. The highest BCUT2D eigenvalue weighted by molar-refractivity contribution is 6.29. The predicted octanol–water partition coefficient (Wildman–Crippen LogP) is 13.8. The largest absolute Gasteiger partial charge is 0.257 e. The molecule has 0 amide bonds. The van der Waals surface area contributed by atoms with Crippen molar-refractivity contribution in [2.24, 2.45) is 0 Å². The lowest BCUT2D eigenvalue weighted by Gasteiger charge is -2.24. The topological polar surface area (TPSA) is 12.9 Å². The Morgan fingerprint density at radius 3 is 1.71 bits per heavy atom. The van der Waals surface area contributed by atoms with E-state index in [9.17, 15) is 0 Å². The van der Waals surface area contributed by atoms with Crippen molar-refractivity contribution in [2.75, 3.05) is 0 Å². The third-order valence-electron chi connectivity index (χ3n) is 11.4. The van der Waals surface area contributed by atoms with Crippen molar-refractivity contribution in [2.45, 2.75) is 12.8 Å². The van der Waals surface area contributed by atoms with Gasteiger partial charge in [-0.2, -0.15) is 0 Å². The number of rotatable bonds is 3. The second-order valence-electron chi connectivity index (χ2n) is 14.1. The maximum atomic E-state index is 4.73. The van der Waals surface area contributed by atoms with Crippen LogP contribution >= 0.6 is 0 Å². The fraction of sp³-hybridized carbons (Fsp3) is 0.0392. The van der Waals surface area contributed by atoms with Crippen molar-refractivity contribution in [3.63, 3.8) is 0 Å². The van der Waals surface area contributed by atoms with Gasteiger partial charge in [-0.25, -0.2) is 0 Å². The first kappa shape index (κ1) is 29.2. The third kappa shape index (κ3) is 4.33. The molecule has 52 heavy (non-hydrogen) atoms. The van der Waals surface area contributed by atoms with Crippen molar-refractivity contribution in [3.05, 3.63) is 187 Å². The van der Waals surface area contributed by atoms with Crippen LogP contribution in [0.25, 0.3) is 98.5 Å². The Morgan fingerprint density at radius 1 is 0.404 bits per heavy atom. The van der Waals surface area contributed by atoms with Gasteiger partial charge in [0.05, 0.1) is 5.69 Å². The van der Waals surface area contributed by atoms with Gasteiger partial charge in [-0.1, -0.05) is 140 Å². The number of nitrogens with zero attached hydrogens (tertiary/aromatic N) is 1. The van der Waals surface area contributed by atoms with E-state index in [1.807, 2.05) is 12.3 Å². The molecule has 0 saturated carbocycles. The minimum atomic E-state index is 0.971. The molecule has 10 aromatic rings. The summed E-state index contributed by atoms with van der Waals surface area (Å²) < 4.78 is 0. The summed E-state index contributed by atoms with van der Waals surface area (Å²) in [6.07, 6.45) is 6.27. The molecule has 0 aliphatic heterocycles. The lowest BCUT2D eigenvalue weighted by Crippen LogP contribution is -2.03. The van der Waals surface area contributed by atoms with Crippen LogP contribution in [0.3, 0.4) is 0 Å². The normalized spacial score (nSPS) is 13.0. The van der Waals surface area contributed by atoms with Crippen molar-refractivity contribution in [3.8, 4) is 22.3 Å². The minimum Gasteiger partial charge on any atom is -0.257 e. The summed E-state index contributed by atoms with van der Waals surface area (Å²) in [5, 5.41) is 15.5. The summed E-state index contributed by atoms with van der Waals surface area (Å²) in [4.78, 5) is 4.73. The van der Waals surface area contributed by atoms with Gasteiger partial charge < -0.3 is 0 Å². The first-order valence-electron chi connectivity index (χ1n) is 18.3. The number of aryl methyl sites for hydroxylation is 1. The lowest BCUT2D eigenvalue weighted by molar-refractivity contribution is 1.01. The van der Waals surface area contributed by atoms with Gasteiger partial charge in [0.1, 0.15) is 0 Å². The maximum absolute atomic E-state index is 4.73. The van der Waals surface area contributed by atoms with Crippen LogP contribution in [-0.2, 0) is 6.42 Å². The van der Waals surface area contributed by atoms with E-state index in [0.717, 1.165) is 18.5 Å². The van der Waals surface area contributed by atoms with E-state index in [1.54, 1.807) is 0 Å². The number of benzene rings is 9. The summed E-state index contributed by atoms with van der Waals surface area (Å²) in [6, 6.07) is 60.5. The number of pyridine rings is 1. The van der Waals surface area contributed by atoms with Crippen LogP contribution in [0.4, 0.5) is 0 Å². The van der Waals surface area contributed by atoms with Gasteiger partial charge in [0.25, 0.3) is 0 Å². The smallest absolute Gasteiger partial charge is 0.0661 e. The highest BCUT2D eigenvalue weighted by atomic mass is 14.7. The van der Waals surface area contributed by atoms with E-state index in [4.69, 9.17) is 4.98 Å². The summed E-state index contributed by atoms with van der Waals surface area (Å²) in [6.45, 7) is 0. The summed E-state index contributed by atoms with van der Waals surface area (Å²) in [5.74, 6) is 0. The third-order valence-corrected chi connectivity index (χ3v) is 11.4. The molecule has 0 unspecified atom stereocenters. The van der Waals surface area contributed by atoms with E-state index in [-0.39, 0.29) is 0 Å². The molecule has 0 saturated heterocycles. The van der Waals surface area contributed by atoms with Crippen LogP contribution in [0.15, 0.2) is 170 Å². The standard InChI is InChI=1S/C51H33N/c1-2-14-33-29-35(25-24-32(33)13-1)49-40-19-7-9-21-42(40)51(43-22-10-8-20-41(43)49)47-31-46-37-16-4-3-15-36(37)45-30-34(48-23-11-12-28-52-48)26-27-44(45)50(46)39-18-6-5-17-38(39)47/h1-25,28-31H,26-27H2. The molecule has 1 nitrogen and oxygen atoms in total. The number of hydrogen-bond acceptors (Lipinski definition) is 1. The van der Waals surface area contributed by atoms with E-state index in [1.165, 1.54) is 104 Å². The molecule has 0 atom stereocenters. The van der Waals surface area contributed by atoms with Gasteiger partial charge in [0.2, 0.25) is 0 Å². The van der Waals surface area contributed by atoms with E-state index >= 15 is 0 Å². The fourth-order valence-electron chi connectivity index (χ4n) is 9.13. The molecule has 1 heterocycles. The second-order valence-corrected chi connectivity index (χ2v) is 14.1. The Balaban J connectivity index is 1.26. The Labute approximate surface area is 302 Å². The monoisotopic (exact) mass is 659 g/mol. The zero-order valence-electron chi connectivity index (χ0n) is 28.6. The lowest BCUT2D eigenvalue weighted by atomic mass is 9.79. The SMILES string of the molecule is C1=C(c2ccccn2)CCc2c1c1ccccc1c1cc(-c3c4ccccc4c(-c4ccc5ccccc5c4)c4ccccc34)c3ccccc3c21. The number of fused-ring (bicyclic) bond motifs is 11. The predicted molar refractivity (Wildman–Crippen MR) is 223 cm³/mol. The van der Waals surface area contributed by atoms with Crippen molar-refractivity contribution in [1.82, 2.24) is 4.98 Å². The van der Waals surface area contributed by atoms with E-state index < -0.39 is 0 Å². The number of aromatic nitrogens is 1. The van der Waals surface area contributed by atoms with Crippen LogP contribution in [0.1, 0.15) is 23.2 Å². The first-order chi connectivity index (χ1) is 25.8. The average Bonchev–Trinajstić information content (AvgIpc) is 3.22. The molecule has 0 radical (unpaired) electrons. The molecule has 9 aromatic carbocycles. The minimum absolute atomic E-state index is 0.971. The zero-order valence-corrected chi connectivity index (χ0v) is 28.6. The molecule has 0 fully saturated rings. The molecule has 0 N–H and O–H groups in total. The Kier molecular flexibility index (Phi) is 6.45.